The highest BCUT2D eigenvalue weighted by Crippen LogP contribution is 2.34. The molecule has 0 fully saturated rings. The molecule has 1 aliphatic rings. The number of ether oxygens (including phenoxy) is 2. The number of aromatic nitrogens is 2. The molecule has 2 aromatic heterocycles. The SMILES string of the molecule is CN(C)c1ccc(-c2nc3ccccn3c2NCc2ccc3c(c2)OCO3)cc1. The Balaban J connectivity index is 1.49. The standard InChI is InChI=1S/C23H22N4O2/c1-26(2)18-9-7-17(8-10-18)22-23(27-12-4-3-5-21(27)25-22)24-14-16-6-11-19-20(13-16)29-15-28-19/h3-13,24H,14-15H2,1-2H3. The highest BCUT2D eigenvalue weighted by molar-refractivity contribution is 5.77. The number of hydrogen-bond acceptors (Lipinski definition) is 5. The maximum absolute atomic E-state index is 5.50. The van der Waals surface area contributed by atoms with Crippen molar-refractivity contribution in [1.29, 1.82) is 0 Å². The van der Waals surface area contributed by atoms with Crippen LogP contribution in [0.15, 0.2) is 66.9 Å². The van der Waals surface area contributed by atoms with E-state index in [9.17, 15) is 0 Å². The quantitative estimate of drug-likeness (QED) is 0.551. The Morgan fingerprint density at radius 1 is 1.00 bits per heavy atom. The summed E-state index contributed by atoms with van der Waals surface area (Å²) < 4.78 is 13.0. The molecule has 146 valence electrons. The number of nitrogens with zero attached hydrogens (tertiary/aromatic N) is 3. The lowest BCUT2D eigenvalue weighted by Gasteiger charge is -2.13. The van der Waals surface area contributed by atoms with Crippen LogP contribution in [0.4, 0.5) is 11.5 Å². The number of anilines is 2. The lowest BCUT2D eigenvalue weighted by molar-refractivity contribution is 0.174. The zero-order valence-electron chi connectivity index (χ0n) is 16.4. The number of pyridine rings is 1. The Hall–Kier alpha value is -3.67. The van der Waals surface area contributed by atoms with E-state index in [0.717, 1.165) is 45.5 Å². The molecule has 0 spiro atoms. The molecule has 6 heteroatoms. The molecular weight excluding hydrogens is 364 g/mol. The first-order valence-electron chi connectivity index (χ1n) is 9.56. The van der Waals surface area contributed by atoms with Crippen LogP contribution >= 0.6 is 0 Å². The van der Waals surface area contributed by atoms with Crippen LogP contribution < -0.4 is 19.7 Å². The molecule has 0 bridgehead atoms. The van der Waals surface area contributed by atoms with Gasteiger partial charge in [-0.05, 0) is 42.0 Å². The molecular formula is C23H22N4O2. The van der Waals surface area contributed by atoms with Crippen molar-refractivity contribution in [2.75, 3.05) is 31.1 Å². The van der Waals surface area contributed by atoms with Gasteiger partial charge in [0.25, 0.3) is 0 Å². The molecule has 0 saturated heterocycles. The van der Waals surface area contributed by atoms with Gasteiger partial charge in [-0.25, -0.2) is 4.98 Å². The summed E-state index contributed by atoms with van der Waals surface area (Å²) in [6.45, 7) is 0.939. The van der Waals surface area contributed by atoms with Crippen molar-refractivity contribution in [2.45, 2.75) is 6.54 Å². The molecule has 0 radical (unpaired) electrons. The molecule has 0 unspecified atom stereocenters. The average molecular weight is 386 g/mol. The fourth-order valence-electron chi connectivity index (χ4n) is 3.52. The third-order valence-electron chi connectivity index (χ3n) is 5.08. The summed E-state index contributed by atoms with van der Waals surface area (Å²) in [7, 11) is 4.08. The number of benzene rings is 2. The minimum atomic E-state index is 0.284. The Kier molecular flexibility index (Phi) is 4.24. The van der Waals surface area contributed by atoms with E-state index in [-0.39, 0.29) is 6.79 Å². The summed E-state index contributed by atoms with van der Waals surface area (Å²) in [5, 5.41) is 3.57. The van der Waals surface area contributed by atoms with Gasteiger partial charge in [-0.2, -0.15) is 0 Å². The lowest BCUT2D eigenvalue weighted by Crippen LogP contribution is -2.08. The van der Waals surface area contributed by atoms with Gasteiger partial charge in [0.05, 0.1) is 0 Å². The number of nitrogens with one attached hydrogen (secondary N) is 1. The summed E-state index contributed by atoms with van der Waals surface area (Å²) in [6, 6.07) is 20.5. The van der Waals surface area contributed by atoms with Crippen molar-refractivity contribution in [3.8, 4) is 22.8 Å². The van der Waals surface area contributed by atoms with Gasteiger partial charge in [0.15, 0.2) is 11.5 Å². The zero-order chi connectivity index (χ0) is 19.8. The third kappa shape index (κ3) is 3.23. The molecule has 4 aromatic rings. The minimum absolute atomic E-state index is 0.284. The molecule has 3 heterocycles. The van der Waals surface area contributed by atoms with Crippen molar-refractivity contribution >= 4 is 17.2 Å². The van der Waals surface area contributed by atoms with Crippen LogP contribution in [-0.2, 0) is 6.54 Å². The topological polar surface area (TPSA) is 51.0 Å². The molecule has 2 aromatic carbocycles. The molecule has 6 nitrogen and oxygen atoms in total. The average Bonchev–Trinajstić information content (AvgIpc) is 3.36. The lowest BCUT2D eigenvalue weighted by atomic mass is 10.1. The van der Waals surface area contributed by atoms with Crippen LogP contribution in [-0.4, -0.2) is 30.3 Å². The van der Waals surface area contributed by atoms with Crippen LogP contribution in [0.1, 0.15) is 5.56 Å². The largest absolute Gasteiger partial charge is 0.454 e. The molecule has 0 saturated carbocycles. The summed E-state index contributed by atoms with van der Waals surface area (Å²) in [5.74, 6) is 2.56. The Morgan fingerprint density at radius 3 is 2.66 bits per heavy atom. The van der Waals surface area contributed by atoms with Gasteiger partial charge in [0.2, 0.25) is 6.79 Å². The second-order valence-corrected chi connectivity index (χ2v) is 7.22. The molecule has 1 aliphatic heterocycles. The second kappa shape index (κ2) is 7.05. The summed E-state index contributed by atoms with van der Waals surface area (Å²) in [4.78, 5) is 6.96. The maximum atomic E-state index is 5.50. The molecule has 1 N–H and O–H groups in total. The summed E-state index contributed by atoms with van der Waals surface area (Å²) in [6.07, 6.45) is 2.03. The Bertz CT molecular complexity index is 1170. The molecule has 0 aliphatic carbocycles. The fraction of sp³-hybridized carbons (Fsp3) is 0.174. The summed E-state index contributed by atoms with van der Waals surface area (Å²) >= 11 is 0. The minimum Gasteiger partial charge on any atom is -0.454 e. The smallest absolute Gasteiger partial charge is 0.231 e. The van der Waals surface area contributed by atoms with E-state index in [0.29, 0.717) is 6.54 Å². The van der Waals surface area contributed by atoms with Gasteiger partial charge in [-0.15, -0.1) is 0 Å². The highest BCUT2D eigenvalue weighted by Gasteiger charge is 2.16. The van der Waals surface area contributed by atoms with Crippen molar-refractivity contribution in [3.05, 3.63) is 72.4 Å². The fourth-order valence-corrected chi connectivity index (χ4v) is 3.52. The predicted octanol–water partition coefficient (Wildman–Crippen LogP) is 4.41. The van der Waals surface area contributed by atoms with Crippen molar-refractivity contribution in [2.24, 2.45) is 0 Å². The van der Waals surface area contributed by atoms with Crippen molar-refractivity contribution in [1.82, 2.24) is 9.38 Å². The van der Waals surface area contributed by atoms with Gasteiger partial charge >= 0.3 is 0 Å². The Labute approximate surface area is 169 Å². The highest BCUT2D eigenvalue weighted by atomic mass is 16.7. The van der Waals surface area contributed by atoms with Gasteiger partial charge < -0.3 is 19.7 Å². The number of hydrogen-bond donors (Lipinski definition) is 1. The van der Waals surface area contributed by atoms with Crippen LogP contribution in [0.25, 0.3) is 16.9 Å². The Morgan fingerprint density at radius 2 is 1.83 bits per heavy atom. The van der Waals surface area contributed by atoms with E-state index in [4.69, 9.17) is 14.5 Å². The van der Waals surface area contributed by atoms with E-state index in [1.165, 1.54) is 0 Å². The van der Waals surface area contributed by atoms with Gasteiger partial charge in [-0.1, -0.05) is 24.3 Å². The van der Waals surface area contributed by atoms with Crippen molar-refractivity contribution in [3.63, 3.8) is 0 Å². The van der Waals surface area contributed by atoms with Crippen LogP contribution in [0, 0.1) is 0 Å². The molecule has 0 amide bonds. The molecule has 29 heavy (non-hydrogen) atoms. The molecule has 5 rings (SSSR count). The van der Waals surface area contributed by atoms with Crippen LogP contribution in [0.2, 0.25) is 0 Å². The van der Waals surface area contributed by atoms with Gasteiger partial charge in [-0.3, -0.25) is 4.40 Å². The van der Waals surface area contributed by atoms with Crippen LogP contribution in [0.3, 0.4) is 0 Å². The van der Waals surface area contributed by atoms with E-state index < -0.39 is 0 Å². The van der Waals surface area contributed by atoms with E-state index >= 15 is 0 Å². The second-order valence-electron chi connectivity index (χ2n) is 7.22. The summed E-state index contributed by atoms with van der Waals surface area (Å²) in [5.41, 5.74) is 5.20. The zero-order valence-corrected chi connectivity index (χ0v) is 16.4. The van der Waals surface area contributed by atoms with Gasteiger partial charge in [0.1, 0.15) is 17.2 Å². The molecule has 0 atom stereocenters. The van der Waals surface area contributed by atoms with E-state index in [1.807, 2.05) is 50.6 Å². The normalized spacial score (nSPS) is 12.3. The van der Waals surface area contributed by atoms with Crippen LogP contribution in [0.5, 0.6) is 11.5 Å². The third-order valence-corrected chi connectivity index (χ3v) is 5.08. The predicted molar refractivity (Wildman–Crippen MR) is 115 cm³/mol. The first-order chi connectivity index (χ1) is 14.2. The number of rotatable bonds is 5. The first-order valence-corrected chi connectivity index (χ1v) is 9.56. The first kappa shape index (κ1) is 17.4. The monoisotopic (exact) mass is 386 g/mol. The van der Waals surface area contributed by atoms with Crippen molar-refractivity contribution < 1.29 is 9.47 Å². The number of imidazole rings is 1. The van der Waals surface area contributed by atoms with Gasteiger partial charge in [0, 0.05) is 38.1 Å². The van der Waals surface area contributed by atoms with E-state index in [2.05, 4.69) is 44.9 Å². The maximum Gasteiger partial charge on any atom is 0.231 e. The number of fused-ring (bicyclic) bond motifs is 2. The van der Waals surface area contributed by atoms with E-state index in [1.54, 1.807) is 0 Å².